The van der Waals surface area contributed by atoms with Crippen molar-refractivity contribution in [2.75, 3.05) is 0 Å². The van der Waals surface area contributed by atoms with E-state index in [4.69, 9.17) is 15.8 Å². The lowest BCUT2D eigenvalue weighted by Gasteiger charge is -2.20. The first-order valence-electron chi connectivity index (χ1n) is 4.67. The molecule has 0 fully saturated rings. The summed E-state index contributed by atoms with van der Waals surface area (Å²) in [7, 11) is 0. The van der Waals surface area contributed by atoms with Gasteiger partial charge >= 0.3 is 0 Å². The van der Waals surface area contributed by atoms with Gasteiger partial charge in [0.15, 0.2) is 0 Å². The highest BCUT2D eigenvalue weighted by molar-refractivity contribution is 5.10. The van der Waals surface area contributed by atoms with Gasteiger partial charge in [0.1, 0.15) is 0 Å². The molecule has 0 aromatic rings. The molecule has 0 bridgehead atoms. The zero-order valence-corrected chi connectivity index (χ0v) is 7.85. The molecule has 1 rings (SSSR count). The number of allylic oxidation sites excluding steroid dienone is 2. The van der Waals surface area contributed by atoms with Gasteiger partial charge in [0, 0.05) is 0 Å². The maximum atomic E-state index is 8.93. The number of hydrogen-bond acceptors (Lipinski definition) is 3. The minimum Gasteiger partial charge on any atom is -0.198 e. The van der Waals surface area contributed by atoms with E-state index in [1.54, 1.807) is 0 Å². The smallest absolute Gasteiger partial charge is 0.0782 e. The first kappa shape index (κ1) is 10.3. The molecule has 14 heavy (non-hydrogen) atoms. The van der Waals surface area contributed by atoms with Crippen molar-refractivity contribution < 1.29 is 0 Å². The average Bonchev–Trinajstić information content (AvgIpc) is 2.18. The van der Waals surface area contributed by atoms with Gasteiger partial charge in [-0.15, -0.1) is 0 Å². The van der Waals surface area contributed by atoms with Gasteiger partial charge < -0.3 is 0 Å². The molecule has 0 amide bonds. The molecule has 0 aliphatic heterocycles. The predicted octanol–water partition coefficient (Wildman–Crippen LogP) is 2.15. The zero-order chi connectivity index (χ0) is 10.4. The molecule has 0 saturated heterocycles. The lowest BCUT2D eigenvalue weighted by molar-refractivity contribution is 0.374. The number of nitrogens with zero attached hydrogens (tertiary/aromatic N) is 3. The van der Waals surface area contributed by atoms with Gasteiger partial charge in [0.25, 0.3) is 0 Å². The molecule has 3 heteroatoms. The van der Waals surface area contributed by atoms with E-state index >= 15 is 0 Å². The van der Waals surface area contributed by atoms with Gasteiger partial charge in [-0.3, -0.25) is 0 Å². The van der Waals surface area contributed by atoms with E-state index in [1.165, 1.54) is 0 Å². The maximum Gasteiger partial charge on any atom is 0.0782 e. The predicted molar refractivity (Wildman–Crippen MR) is 50.3 cm³/mol. The highest BCUT2D eigenvalue weighted by Crippen LogP contribution is 2.28. The highest BCUT2D eigenvalue weighted by Gasteiger charge is 2.29. The first-order chi connectivity index (χ1) is 6.83. The SMILES string of the molecule is N#CC1CC=CCCC(C#N)C1C#N. The van der Waals surface area contributed by atoms with Crippen molar-refractivity contribution in [3.8, 4) is 18.2 Å². The Labute approximate surface area is 83.9 Å². The van der Waals surface area contributed by atoms with Gasteiger partial charge in [-0.05, 0) is 19.3 Å². The van der Waals surface area contributed by atoms with E-state index in [9.17, 15) is 0 Å². The van der Waals surface area contributed by atoms with Crippen molar-refractivity contribution in [1.82, 2.24) is 0 Å². The van der Waals surface area contributed by atoms with Crippen molar-refractivity contribution in [3.05, 3.63) is 12.2 Å². The Kier molecular flexibility index (Phi) is 3.71. The fraction of sp³-hybridized carbons (Fsp3) is 0.545. The summed E-state index contributed by atoms with van der Waals surface area (Å²) in [5, 5.41) is 26.7. The molecule has 0 spiro atoms. The third-order valence-corrected chi connectivity index (χ3v) is 2.55. The lowest BCUT2D eigenvalue weighted by Crippen LogP contribution is -2.21. The highest BCUT2D eigenvalue weighted by atomic mass is 14.4. The molecule has 0 radical (unpaired) electrons. The molecule has 0 aromatic heterocycles. The first-order valence-corrected chi connectivity index (χ1v) is 4.67. The summed E-state index contributed by atoms with van der Waals surface area (Å²) < 4.78 is 0. The number of rotatable bonds is 0. The Morgan fingerprint density at radius 3 is 2.21 bits per heavy atom. The van der Waals surface area contributed by atoms with Crippen LogP contribution < -0.4 is 0 Å². The normalized spacial score (nSPS) is 31.6. The molecule has 3 nitrogen and oxygen atoms in total. The Morgan fingerprint density at radius 2 is 1.64 bits per heavy atom. The van der Waals surface area contributed by atoms with Crippen LogP contribution in [0.25, 0.3) is 0 Å². The molecule has 1 aliphatic carbocycles. The molecule has 0 heterocycles. The van der Waals surface area contributed by atoms with Crippen LogP contribution in [0.1, 0.15) is 19.3 Å². The minimum atomic E-state index is -0.435. The van der Waals surface area contributed by atoms with E-state index in [-0.39, 0.29) is 11.8 Å². The van der Waals surface area contributed by atoms with Crippen LogP contribution in [-0.2, 0) is 0 Å². The van der Waals surface area contributed by atoms with Crippen molar-refractivity contribution in [2.24, 2.45) is 17.8 Å². The van der Waals surface area contributed by atoms with Crippen LogP contribution >= 0.6 is 0 Å². The molecule has 70 valence electrons. The van der Waals surface area contributed by atoms with Crippen LogP contribution in [0.15, 0.2) is 12.2 Å². The van der Waals surface area contributed by atoms with Gasteiger partial charge in [-0.25, -0.2) is 0 Å². The summed E-state index contributed by atoms with van der Waals surface area (Å²) in [4.78, 5) is 0. The van der Waals surface area contributed by atoms with Crippen LogP contribution in [0.4, 0.5) is 0 Å². The van der Waals surface area contributed by atoms with E-state index in [1.807, 2.05) is 12.2 Å². The number of nitriles is 3. The second-order valence-electron chi connectivity index (χ2n) is 3.41. The van der Waals surface area contributed by atoms with E-state index in [0.29, 0.717) is 12.8 Å². The largest absolute Gasteiger partial charge is 0.198 e. The lowest BCUT2D eigenvalue weighted by atomic mass is 9.78. The molecule has 0 saturated carbocycles. The summed E-state index contributed by atoms with van der Waals surface area (Å²) in [6, 6.07) is 6.34. The summed E-state index contributed by atoms with van der Waals surface area (Å²) in [6.45, 7) is 0. The fourth-order valence-electron chi connectivity index (χ4n) is 1.70. The summed E-state index contributed by atoms with van der Waals surface area (Å²) in [5.74, 6) is -1.06. The molecule has 1 aliphatic rings. The maximum absolute atomic E-state index is 8.93. The van der Waals surface area contributed by atoms with E-state index in [2.05, 4.69) is 18.2 Å². The van der Waals surface area contributed by atoms with Crippen molar-refractivity contribution in [1.29, 1.82) is 15.8 Å². The van der Waals surface area contributed by atoms with Crippen LogP contribution in [-0.4, -0.2) is 0 Å². The molecule has 0 N–H and O–H groups in total. The van der Waals surface area contributed by atoms with Gasteiger partial charge in [0.05, 0.1) is 36.0 Å². The third kappa shape index (κ3) is 2.12. The molecular formula is C11H11N3. The monoisotopic (exact) mass is 185 g/mol. The van der Waals surface area contributed by atoms with Gasteiger partial charge in [-0.2, -0.15) is 15.8 Å². The van der Waals surface area contributed by atoms with Crippen LogP contribution in [0.5, 0.6) is 0 Å². The van der Waals surface area contributed by atoms with E-state index in [0.717, 1.165) is 6.42 Å². The Bertz CT molecular complexity index is 337. The van der Waals surface area contributed by atoms with Crippen molar-refractivity contribution in [3.63, 3.8) is 0 Å². The number of hydrogen-bond donors (Lipinski definition) is 0. The van der Waals surface area contributed by atoms with Crippen molar-refractivity contribution >= 4 is 0 Å². The molecule has 3 unspecified atom stereocenters. The second-order valence-corrected chi connectivity index (χ2v) is 3.41. The Morgan fingerprint density at radius 1 is 0.929 bits per heavy atom. The van der Waals surface area contributed by atoms with Crippen LogP contribution in [0, 0.1) is 51.7 Å². The molecule has 3 atom stereocenters. The van der Waals surface area contributed by atoms with Crippen LogP contribution in [0.3, 0.4) is 0 Å². The van der Waals surface area contributed by atoms with Crippen molar-refractivity contribution in [2.45, 2.75) is 19.3 Å². The minimum absolute atomic E-state index is 0.297. The molecule has 0 aromatic carbocycles. The average molecular weight is 185 g/mol. The van der Waals surface area contributed by atoms with E-state index < -0.39 is 5.92 Å². The summed E-state index contributed by atoms with van der Waals surface area (Å²) in [5.41, 5.74) is 0. The molecular weight excluding hydrogens is 174 g/mol. The van der Waals surface area contributed by atoms with Gasteiger partial charge in [0.2, 0.25) is 0 Å². The third-order valence-electron chi connectivity index (χ3n) is 2.55. The van der Waals surface area contributed by atoms with Gasteiger partial charge in [-0.1, -0.05) is 12.2 Å². The Hall–Kier alpha value is -1.79. The standard InChI is InChI=1S/C11H11N3/c12-6-9-4-2-1-3-5-10(7-13)11(9)8-14/h1-2,9-11H,3-5H2. The topological polar surface area (TPSA) is 71.4 Å². The quantitative estimate of drug-likeness (QED) is 0.543. The zero-order valence-electron chi connectivity index (χ0n) is 7.85. The Balaban J connectivity index is 2.90. The fourth-order valence-corrected chi connectivity index (χ4v) is 1.70. The second kappa shape index (κ2) is 5.05. The summed E-state index contributed by atoms with van der Waals surface area (Å²) >= 11 is 0. The van der Waals surface area contributed by atoms with Crippen LogP contribution in [0.2, 0.25) is 0 Å². The summed E-state index contributed by atoms with van der Waals surface area (Å²) in [6.07, 6.45) is 6.03.